The van der Waals surface area contributed by atoms with Crippen LogP contribution in [-0.2, 0) is 17.6 Å². The summed E-state index contributed by atoms with van der Waals surface area (Å²) in [6.07, 6.45) is 4.39. The van der Waals surface area contributed by atoms with E-state index in [1.54, 1.807) is 46.9 Å². The Bertz CT molecular complexity index is 1260. The molecule has 2 aromatic heterocycles. The Hall–Kier alpha value is -3.03. The minimum absolute atomic E-state index is 0.197. The molecule has 7 heteroatoms. The topological polar surface area (TPSA) is 68.3 Å². The molecule has 0 fully saturated rings. The standard InChI is InChI=1S/C24H20N2O3S2/c1-29-24(28)15-12-10-14(11-13-15)21(27)26-23-20(16-6-2-4-8-18(16)30-23)22-25-17-7-3-5-9-19(17)31-22/h3,5,7,9-13H,2,4,6,8H2,1H3,(H,26,27). The molecular formula is C24H20N2O3S2. The molecule has 4 aromatic rings. The average molecular weight is 449 g/mol. The number of hydrogen-bond donors (Lipinski definition) is 1. The Kier molecular flexibility index (Phi) is 5.29. The summed E-state index contributed by atoms with van der Waals surface area (Å²) in [5.74, 6) is -0.617. The molecule has 2 heterocycles. The third-order valence-corrected chi connectivity index (χ3v) is 7.74. The van der Waals surface area contributed by atoms with Crippen molar-refractivity contribution in [2.24, 2.45) is 0 Å². The number of aromatic nitrogens is 1. The fraction of sp³-hybridized carbons (Fsp3) is 0.208. The first kappa shape index (κ1) is 19.9. The molecule has 0 unspecified atom stereocenters. The number of nitrogens with zero attached hydrogens (tertiary/aromatic N) is 1. The number of fused-ring (bicyclic) bond motifs is 2. The summed E-state index contributed by atoms with van der Waals surface area (Å²) in [5.41, 5.74) is 4.29. The number of thiophene rings is 1. The maximum absolute atomic E-state index is 13.0. The molecule has 2 aromatic carbocycles. The molecule has 5 rings (SSSR count). The largest absolute Gasteiger partial charge is 0.465 e. The zero-order valence-corrected chi connectivity index (χ0v) is 18.6. The number of thiazole rings is 1. The van der Waals surface area contributed by atoms with Gasteiger partial charge in [0.2, 0.25) is 0 Å². The molecule has 0 saturated heterocycles. The van der Waals surface area contributed by atoms with Crippen LogP contribution in [0.25, 0.3) is 20.8 Å². The molecule has 5 nitrogen and oxygen atoms in total. The van der Waals surface area contributed by atoms with Crippen LogP contribution in [0, 0.1) is 0 Å². The SMILES string of the molecule is COC(=O)c1ccc(C(=O)Nc2sc3c(c2-c2nc4ccccc4s2)CCCC3)cc1. The molecule has 156 valence electrons. The van der Waals surface area contributed by atoms with E-state index >= 15 is 0 Å². The van der Waals surface area contributed by atoms with Gasteiger partial charge in [0.15, 0.2) is 0 Å². The molecule has 0 aliphatic heterocycles. The van der Waals surface area contributed by atoms with Crippen LogP contribution in [0.4, 0.5) is 5.00 Å². The minimum Gasteiger partial charge on any atom is -0.465 e. The van der Waals surface area contributed by atoms with Crippen molar-refractivity contribution >= 4 is 49.8 Å². The van der Waals surface area contributed by atoms with E-state index in [0.717, 1.165) is 45.1 Å². The molecule has 31 heavy (non-hydrogen) atoms. The summed E-state index contributed by atoms with van der Waals surface area (Å²) < 4.78 is 5.87. The summed E-state index contributed by atoms with van der Waals surface area (Å²) in [7, 11) is 1.34. The third-order valence-electron chi connectivity index (χ3n) is 5.47. The Labute approximate surface area is 187 Å². The molecule has 0 bridgehead atoms. The average Bonchev–Trinajstić information content (AvgIpc) is 3.39. The van der Waals surface area contributed by atoms with Crippen molar-refractivity contribution < 1.29 is 14.3 Å². The predicted octanol–water partition coefficient (Wildman–Crippen LogP) is 5.94. The summed E-state index contributed by atoms with van der Waals surface area (Å²) in [4.78, 5) is 30.9. The number of hydrogen-bond acceptors (Lipinski definition) is 6. The Morgan fingerprint density at radius 3 is 2.48 bits per heavy atom. The molecule has 1 aliphatic carbocycles. The van der Waals surface area contributed by atoms with Gasteiger partial charge in [-0.15, -0.1) is 22.7 Å². The number of ether oxygens (including phenoxy) is 1. The molecule has 0 saturated carbocycles. The number of methoxy groups -OCH3 is 1. The molecule has 1 N–H and O–H groups in total. The van der Waals surface area contributed by atoms with E-state index in [4.69, 9.17) is 9.72 Å². The number of anilines is 1. The van der Waals surface area contributed by atoms with Crippen molar-refractivity contribution in [1.29, 1.82) is 0 Å². The van der Waals surface area contributed by atoms with Crippen molar-refractivity contribution in [3.8, 4) is 10.6 Å². The van der Waals surface area contributed by atoms with E-state index in [1.165, 1.54) is 24.0 Å². The normalized spacial score (nSPS) is 13.1. The quantitative estimate of drug-likeness (QED) is 0.392. The van der Waals surface area contributed by atoms with Gasteiger partial charge in [0, 0.05) is 16.0 Å². The van der Waals surface area contributed by atoms with Crippen LogP contribution in [0.15, 0.2) is 48.5 Å². The first-order chi connectivity index (χ1) is 15.1. The first-order valence-electron chi connectivity index (χ1n) is 10.1. The fourth-order valence-corrected chi connectivity index (χ4v) is 6.31. The number of carbonyl (C=O) groups is 2. The van der Waals surface area contributed by atoms with E-state index in [-0.39, 0.29) is 5.91 Å². The van der Waals surface area contributed by atoms with E-state index in [1.807, 2.05) is 18.2 Å². The van der Waals surface area contributed by atoms with Gasteiger partial charge >= 0.3 is 5.97 Å². The zero-order chi connectivity index (χ0) is 21.4. The first-order valence-corrected chi connectivity index (χ1v) is 11.8. The number of aryl methyl sites for hydroxylation is 1. The highest BCUT2D eigenvalue weighted by Crippen LogP contribution is 2.46. The molecule has 0 atom stereocenters. The van der Waals surface area contributed by atoms with E-state index in [2.05, 4.69) is 11.4 Å². The number of amides is 1. The van der Waals surface area contributed by atoms with Gasteiger partial charge in [-0.2, -0.15) is 0 Å². The van der Waals surface area contributed by atoms with Gasteiger partial charge in [-0.25, -0.2) is 9.78 Å². The number of esters is 1. The summed E-state index contributed by atoms with van der Waals surface area (Å²) in [5, 5.41) is 4.93. The highest BCUT2D eigenvalue weighted by Gasteiger charge is 2.25. The van der Waals surface area contributed by atoms with Crippen molar-refractivity contribution in [1.82, 2.24) is 4.98 Å². The van der Waals surface area contributed by atoms with Gasteiger partial charge in [0.05, 0.1) is 22.9 Å². The van der Waals surface area contributed by atoms with Gasteiger partial charge in [-0.3, -0.25) is 4.79 Å². The lowest BCUT2D eigenvalue weighted by atomic mass is 9.95. The Morgan fingerprint density at radius 1 is 0.968 bits per heavy atom. The fourth-order valence-electron chi connectivity index (χ4n) is 3.91. The number of carbonyl (C=O) groups excluding carboxylic acids is 2. The van der Waals surface area contributed by atoms with Crippen LogP contribution in [0.3, 0.4) is 0 Å². The van der Waals surface area contributed by atoms with Gasteiger partial charge in [-0.05, 0) is 67.6 Å². The van der Waals surface area contributed by atoms with Gasteiger partial charge in [0.25, 0.3) is 5.91 Å². The van der Waals surface area contributed by atoms with Gasteiger partial charge in [-0.1, -0.05) is 12.1 Å². The zero-order valence-electron chi connectivity index (χ0n) is 16.9. The predicted molar refractivity (Wildman–Crippen MR) is 125 cm³/mol. The van der Waals surface area contributed by atoms with Crippen molar-refractivity contribution in [3.05, 3.63) is 70.1 Å². The lowest BCUT2D eigenvalue weighted by Gasteiger charge is -2.11. The van der Waals surface area contributed by atoms with Crippen LogP contribution in [0.1, 0.15) is 44.0 Å². The molecular weight excluding hydrogens is 428 g/mol. The number of benzene rings is 2. The van der Waals surface area contributed by atoms with Crippen molar-refractivity contribution in [2.75, 3.05) is 12.4 Å². The van der Waals surface area contributed by atoms with Crippen LogP contribution >= 0.6 is 22.7 Å². The van der Waals surface area contributed by atoms with E-state index in [9.17, 15) is 9.59 Å². The molecule has 1 amide bonds. The second kappa shape index (κ2) is 8.24. The summed E-state index contributed by atoms with van der Waals surface area (Å²) in [6, 6.07) is 14.6. The third kappa shape index (κ3) is 3.75. The highest BCUT2D eigenvalue weighted by molar-refractivity contribution is 7.23. The lowest BCUT2D eigenvalue weighted by molar-refractivity contribution is 0.0600. The van der Waals surface area contributed by atoms with Crippen LogP contribution in [0.2, 0.25) is 0 Å². The Balaban J connectivity index is 1.51. The highest BCUT2D eigenvalue weighted by atomic mass is 32.1. The van der Waals surface area contributed by atoms with Crippen LogP contribution in [0.5, 0.6) is 0 Å². The van der Waals surface area contributed by atoms with E-state index in [0.29, 0.717) is 11.1 Å². The number of nitrogens with one attached hydrogen (secondary N) is 1. The van der Waals surface area contributed by atoms with Crippen LogP contribution in [-0.4, -0.2) is 24.0 Å². The minimum atomic E-state index is -0.420. The smallest absolute Gasteiger partial charge is 0.337 e. The van der Waals surface area contributed by atoms with Crippen LogP contribution < -0.4 is 5.32 Å². The second-order valence-corrected chi connectivity index (χ2v) is 9.56. The number of para-hydroxylation sites is 1. The van der Waals surface area contributed by atoms with Gasteiger partial charge < -0.3 is 10.1 Å². The van der Waals surface area contributed by atoms with E-state index < -0.39 is 5.97 Å². The van der Waals surface area contributed by atoms with Crippen molar-refractivity contribution in [3.63, 3.8) is 0 Å². The Morgan fingerprint density at radius 2 is 1.71 bits per heavy atom. The lowest BCUT2D eigenvalue weighted by Crippen LogP contribution is -2.12. The van der Waals surface area contributed by atoms with Crippen molar-refractivity contribution in [2.45, 2.75) is 25.7 Å². The maximum Gasteiger partial charge on any atom is 0.337 e. The summed E-state index contributed by atoms with van der Waals surface area (Å²) in [6.45, 7) is 0. The molecule has 0 radical (unpaired) electrons. The summed E-state index contributed by atoms with van der Waals surface area (Å²) >= 11 is 3.33. The maximum atomic E-state index is 13.0. The molecule has 0 spiro atoms. The molecule has 1 aliphatic rings. The monoisotopic (exact) mass is 448 g/mol. The number of rotatable bonds is 4. The second-order valence-electron chi connectivity index (χ2n) is 7.42. The van der Waals surface area contributed by atoms with Gasteiger partial charge in [0.1, 0.15) is 10.0 Å².